The van der Waals surface area contributed by atoms with E-state index in [1.807, 2.05) is 32.8 Å². The molecule has 0 unspecified atom stereocenters. The standard InChI is InChI=1S/C21H40N4O2.C19H36N4O2.C15H29N3O.C2H6/c1-19(26)23(3)11-7-5-4-6-8-21(27)25-16-14-24(15-17-25)18-20-9-12-22(2)13-10-20;1-17(24)21(3)9-5-4-6-19(25)23-14-12-22(13-15-23)16-18-7-10-20(2)11-8-18;1-3-4-15(19)18-11-9-17(10-12-18)13-14-5-7-16(2)8-6-14;1-2/h20H,4-18H2,1-3H3;18H,4-16H2,1-3H3;14H,3-13H2,1-2H3;1-2H3. The number of amides is 5. The number of nitrogens with zero attached hydrogens (tertiary/aromatic N) is 11. The third kappa shape index (κ3) is 26.6. The van der Waals surface area contributed by atoms with Crippen molar-refractivity contribution >= 4 is 29.5 Å². The van der Waals surface area contributed by atoms with Crippen molar-refractivity contribution in [2.75, 3.05) is 186 Å². The van der Waals surface area contributed by atoms with E-state index in [-0.39, 0.29) is 17.7 Å². The van der Waals surface area contributed by atoms with E-state index < -0.39 is 0 Å². The van der Waals surface area contributed by atoms with Crippen LogP contribution in [0.2, 0.25) is 0 Å². The molecule has 0 atom stereocenters. The molecule has 6 saturated heterocycles. The van der Waals surface area contributed by atoms with Crippen LogP contribution in [-0.2, 0) is 24.0 Å². The highest BCUT2D eigenvalue weighted by Gasteiger charge is 2.27. The molecule has 16 heteroatoms. The zero-order chi connectivity index (χ0) is 53.5. The van der Waals surface area contributed by atoms with Gasteiger partial charge in [-0.2, -0.15) is 0 Å². The summed E-state index contributed by atoms with van der Waals surface area (Å²) >= 11 is 0. The van der Waals surface area contributed by atoms with Crippen molar-refractivity contribution in [3.05, 3.63) is 0 Å². The first-order valence-corrected chi connectivity index (χ1v) is 29.6. The van der Waals surface area contributed by atoms with Crippen molar-refractivity contribution in [2.24, 2.45) is 17.8 Å². The molecule has 0 aromatic rings. The predicted octanol–water partition coefficient (Wildman–Crippen LogP) is 5.32. The molecule has 0 aromatic carbocycles. The molecule has 0 bridgehead atoms. The smallest absolute Gasteiger partial charge is 0.222 e. The minimum Gasteiger partial charge on any atom is -0.346 e. The molecular formula is C57H111N11O5. The molecule has 0 aliphatic carbocycles. The Balaban J connectivity index is 0.000000288. The van der Waals surface area contributed by atoms with Crippen molar-refractivity contribution in [2.45, 2.75) is 137 Å². The molecule has 6 heterocycles. The van der Waals surface area contributed by atoms with Gasteiger partial charge in [0, 0.05) is 158 Å². The van der Waals surface area contributed by atoms with E-state index in [1.54, 1.807) is 23.6 Å². The van der Waals surface area contributed by atoms with E-state index >= 15 is 0 Å². The van der Waals surface area contributed by atoms with Crippen LogP contribution in [0.1, 0.15) is 137 Å². The molecule has 16 nitrogen and oxygen atoms in total. The van der Waals surface area contributed by atoms with Crippen LogP contribution in [0.3, 0.4) is 0 Å². The summed E-state index contributed by atoms with van der Waals surface area (Å²) in [6.45, 7) is 33.6. The summed E-state index contributed by atoms with van der Waals surface area (Å²) < 4.78 is 0. The van der Waals surface area contributed by atoms with Gasteiger partial charge in [-0.05, 0) is 149 Å². The van der Waals surface area contributed by atoms with Gasteiger partial charge in [-0.1, -0.05) is 33.6 Å². The summed E-state index contributed by atoms with van der Waals surface area (Å²) in [4.78, 5) is 83.4. The second-order valence-corrected chi connectivity index (χ2v) is 22.5. The van der Waals surface area contributed by atoms with E-state index in [9.17, 15) is 24.0 Å². The second kappa shape index (κ2) is 37.0. The molecule has 6 rings (SSSR count). The average Bonchev–Trinajstić information content (AvgIpc) is 3.39. The van der Waals surface area contributed by atoms with Gasteiger partial charge in [-0.3, -0.25) is 38.7 Å². The first-order chi connectivity index (χ1) is 35.1. The van der Waals surface area contributed by atoms with Gasteiger partial charge in [-0.15, -0.1) is 0 Å². The Morgan fingerprint density at radius 1 is 0.384 bits per heavy atom. The molecule has 6 aliphatic heterocycles. The third-order valence-electron chi connectivity index (χ3n) is 16.5. The summed E-state index contributed by atoms with van der Waals surface area (Å²) in [5, 5.41) is 0. The van der Waals surface area contributed by atoms with E-state index in [1.165, 1.54) is 97.4 Å². The second-order valence-electron chi connectivity index (χ2n) is 22.5. The molecule has 6 fully saturated rings. The van der Waals surface area contributed by atoms with E-state index in [4.69, 9.17) is 0 Å². The minimum atomic E-state index is 0.0899. The molecule has 0 aromatic heterocycles. The number of piperidine rings is 3. The van der Waals surface area contributed by atoms with Gasteiger partial charge in [0.25, 0.3) is 0 Å². The fourth-order valence-corrected chi connectivity index (χ4v) is 11.0. The molecule has 73 heavy (non-hydrogen) atoms. The fraction of sp³-hybridized carbons (Fsp3) is 0.912. The molecule has 0 N–H and O–H groups in total. The van der Waals surface area contributed by atoms with Crippen LogP contribution in [0.25, 0.3) is 0 Å². The summed E-state index contributed by atoms with van der Waals surface area (Å²) in [5.74, 6) is 3.71. The maximum atomic E-state index is 12.4. The fourth-order valence-electron chi connectivity index (χ4n) is 11.0. The Morgan fingerprint density at radius 3 is 0.932 bits per heavy atom. The number of hydrogen-bond acceptors (Lipinski definition) is 11. The lowest BCUT2D eigenvalue weighted by atomic mass is 9.96. The first kappa shape index (κ1) is 64.4. The number of rotatable bonds is 20. The van der Waals surface area contributed by atoms with Crippen molar-refractivity contribution in [1.82, 2.24) is 53.9 Å². The maximum Gasteiger partial charge on any atom is 0.222 e. The quantitative estimate of drug-likeness (QED) is 0.148. The van der Waals surface area contributed by atoms with E-state index in [0.717, 1.165) is 161 Å². The van der Waals surface area contributed by atoms with Gasteiger partial charge < -0.3 is 39.2 Å². The van der Waals surface area contributed by atoms with Crippen LogP contribution in [0.5, 0.6) is 0 Å². The van der Waals surface area contributed by atoms with Crippen molar-refractivity contribution in [3.8, 4) is 0 Å². The molecular weight excluding hydrogens is 919 g/mol. The van der Waals surface area contributed by atoms with Gasteiger partial charge in [-0.25, -0.2) is 0 Å². The summed E-state index contributed by atoms with van der Waals surface area (Å²) in [6, 6.07) is 0. The SMILES string of the molecule is CC.CC(=O)N(C)CCCCC(=O)N1CCN(CC2CCN(C)CC2)CC1.CC(=O)N(C)CCCCCCC(=O)N1CCN(CC2CCN(C)CC2)CC1.CCCC(=O)N1CCN(CC2CCN(C)CC2)CC1. The molecule has 0 radical (unpaired) electrons. The van der Waals surface area contributed by atoms with Crippen LogP contribution >= 0.6 is 0 Å². The Labute approximate surface area is 446 Å². The zero-order valence-corrected chi connectivity index (χ0v) is 48.8. The van der Waals surface area contributed by atoms with E-state index in [0.29, 0.717) is 24.7 Å². The number of hydrogen-bond donors (Lipinski definition) is 0. The maximum absolute atomic E-state index is 12.4. The van der Waals surface area contributed by atoms with Crippen LogP contribution in [0.15, 0.2) is 0 Å². The largest absolute Gasteiger partial charge is 0.346 e. The van der Waals surface area contributed by atoms with Gasteiger partial charge in [0.1, 0.15) is 0 Å². The first-order valence-electron chi connectivity index (χ1n) is 29.6. The molecule has 5 amide bonds. The topological polar surface area (TPSA) is 121 Å². The highest BCUT2D eigenvalue weighted by atomic mass is 16.2. The Morgan fingerprint density at radius 2 is 0.644 bits per heavy atom. The molecule has 0 spiro atoms. The molecule has 6 aliphatic rings. The zero-order valence-electron chi connectivity index (χ0n) is 48.8. The van der Waals surface area contributed by atoms with Crippen molar-refractivity contribution in [3.63, 3.8) is 0 Å². The third-order valence-corrected chi connectivity index (χ3v) is 16.5. The monoisotopic (exact) mass is 1030 g/mol. The van der Waals surface area contributed by atoms with Crippen LogP contribution in [-0.4, -0.2) is 269 Å². The van der Waals surface area contributed by atoms with Crippen LogP contribution < -0.4 is 0 Å². The summed E-state index contributed by atoms with van der Waals surface area (Å²) in [6.07, 6.45) is 16.8. The van der Waals surface area contributed by atoms with Crippen LogP contribution in [0.4, 0.5) is 0 Å². The number of unbranched alkanes of at least 4 members (excludes halogenated alkanes) is 4. The van der Waals surface area contributed by atoms with Crippen molar-refractivity contribution in [1.29, 1.82) is 0 Å². The number of carbonyl (C=O) groups excluding carboxylic acids is 5. The van der Waals surface area contributed by atoms with Gasteiger partial charge in [0.05, 0.1) is 0 Å². The lowest BCUT2D eigenvalue weighted by molar-refractivity contribution is -0.134. The van der Waals surface area contributed by atoms with Crippen LogP contribution in [0, 0.1) is 17.8 Å². The lowest BCUT2D eigenvalue weighted by Gasteiger charge is -2.38. The predicted molar refractivity (Wildman–Crippen MR) is 300 cm³/mol. The molecule has 424 valence electrons. The minimum absolute atomic E-state index is 0.0899. The Hall–Kier alpha value is -2.89. The lowest BCUT2D eigenvalue weighted by Crippen LogP contribution is -2.50. The Kier molecular flexibility index (Phi) is 32.6. The highest BCUT2D eigenvalue weighted by Crippen LogP contribution is 2.21. The van der Waals surface area contributed by atoms with Gasteiger partial charge in [0.2, 0.25) is 29.5 Å². The van der Waals surface area contributed by atoms with Gasteiger partial charge >= 0.3 is 0 Å². The Bertz CT molecular complexity index is 1510. The van der Waals surface area contributed by atoms with E-state index in [2.05, 4.69) is 67.3 Å². The number of carbonyl (C=O) groups is 5. The van der Waals surface area contributed by atoms with Crippen molar-refractivity contribution < 1.29 is 24.0 Å². The number of likely N-dealkylation sites (tertiary alicyclic amines) is 3. The highest BCUT2D eigenvalue weighted by molar-refractivity contribution is 5.77. The summed E-state index contributed by atoms with van der Waals surface area (Å²) in [7, 11) is 10.3. The normalized spacial score (nSPS) is 20.8. The number of piperazine rings is 3. The van der Waals surface area contributed by atoms with Gasteiger partial charge in [0.15, 0.2) is 0 Å². The molecule has 0 saturated carbocycles. The summed E-state index contributed by atoms with van der Waals surface area (Å²) in [5.41, 5.74) is 0. The average molecular weight is 1030 g/mol.